The monoisotopic (exact) mass is 406 g/mol. The van der Waals surface area contributed by atoms with Crippen molar-refractivity contribution in [2.24, 2.45) is 5.73 Å². The molecule has 1 saturated heterocycles. The second-order valence-electron chi connectivity index (χ2n) is 6.90. The van der Waals surface area contributed by atoms with Crippen molar-refractivity contribution in [1.82, 2.24) is 20.3 Å². The maximum Gasteiger partial charge on any atom is 0.254 e. The summed E-state index contributed by atoms with van der Waals surface area (Å²) in [6.45, 7) is 1.12. The Balaban J connectivity index is 1.47. The van der Waals surface area contributed by atoms with E-state index < -0.39 is 23.1 Å². The number of nitrogens with one attached hydrogen (secondary N) is 2. The molecule has 146 valence electrons. The fourth-order valence-corrected chi connectivity index (χ4v) is 3.62. The van der Waals surface area contributed by atoms with Gasteiger partial charge in [0.2, 0.25) is 0 Å². The molecule has 0 radical (unpaired) electrons. The number of halogens is 3. The zero-order valence-electron chi connectivity index (χ0n) is 14.7. The highest BCUT2D eigenvalue weighted by Crippen LogP contribution is 2.33. The van der Waals surface area contributed by atoms with E-state index >= 15 is 0 Å². The summed E-state index contributed by atoms with van der Waals surface area (Å²) < 4.78 is 27.1. The SMILES string of the molecule is N[C@]1(CNC(=O)c2cc(F)ccc2F)CCN(c2ncnc3[nH]cc(Cl)c23)C1. The Morgan fingerprint density at radius 3 is 3.04 bits per heavy atom. The number of hydrogen-bond acceptors (Lipinski definition) is 5. The number of carbonyl (C=O) groups excluding carboxylic acids is 1. The maximum absolute atomic E-state index is 13.8. The number of aromatic amines is 1. The summed E-state index contributed by atoms with van der Waals surface area (Å²) in [4.78, 5) is 25.6. The van der Waals surface area contributed by atoms with E-state index in [2.05, 4.69) is 20.3 Å². The van der Waals surface area contributed by atoms with Crippen molar-refractivity contribution in [2.45, 2.75) is 12.0 Å². The Kier molecular flexibility index (Phi) is 4.64. The highest BCUT2D eigenvalue weighted by atomic mass is 35.5. The lowest BCUT2D eigenvalue weighted by Gasteiger charge is -2.25. The molecule has 0 aliphatic carbocycles. The van der Waals surface area contributed by atoms with Crippen molar-refractivity contribution in [2.75, 3.05) is 24.5 Å². The number of rotatable bonds is 4. The van der Waals surface area contributed by atoms with Gasteiger partial charge in [-0.15, -0.1) is 0 Å². The number of nitrogens with zero attached hydrogens (tertiary/aromatic N) is 3. The van der Waals surface area contributed by atoms with Crippen LogP contribution in [-0.2, 0) is 0 Å². The fraction of sp³-hybridized carbons (Fsp3) is 0.278. The first-order valence-corrected chi connectivity index (χ1v) is 8.99. The van der Waals surface area contributed by atoms with Crippen LogP contribution in [0.25, 0.3) is 11.0 Å². The van der Waals surface area contributed by atoms with Crippen LogP contribution in [0.4, 0.5) is 14.6 Å². The molecular weight excluding hydrogens is 390 g/mol. The van der Waals surface area contributed by atoms with Gasteiger partial charge in [-0.1, -0.05) is 11.6 Å². The van der Waals surface area contributed by atoms with Crippen molar-refractivity contribution >= 4 is 34.4 Å². The first kappa shape index (κ1) is 18.6. The Morgan fingerprint density at radius 2 is 2.21 bits per heavy atom. The van der Waals surface area contributed by atoms with Crippen LogP contribution in [-0.4, -0.2) is 46.0 Å². The summed E-state index contributed by atoms with van der Waals surface area (Å²) in [7, 11) is 0. The first-order chi connectivity index (χ1) is 13.4. The van der Waals surface area contributed by atoms with Gasteiger partial charge < -0.3 is 20.9 Å². The lowest BCUT2D eigenvalue weighted by Crippen LogP contribution is -2.52. The summed E-state index contributed by atoms with van der Waals surface area (Å²) >= 11 is 6.23. The summed E-state index contributed by atoms with van der Waals surface area (Å²) in [5, 5.41) is 3.82. The van der Waals surface area contributed by atoms with Gasteiger partial charge in [-0.25, -0.2) is 18.7 Å². The fourth-order valence-electron chi connectivity index (χ4n) is 3.39. The standard InChI is InChI=1S/C18H17ClF2N6O/c19-12-6-23-15-14(12)16(26-9-25-15)27-4-3-18(22,8-27)7-24-17(28)11-5-10(20)1-2-13(11)21/h1-2,5-6,9H,3-4,7-8,22H2,(H,24,28)(H,23,25,26)/t18-/m0/s1. The number of carbonyl (C=O) groups is 1. The molecule has 10 heteroatoms. The summed E-state index contributed by atoms with van der Waals surface area (Å²) in [5.41, 5.74) is 5.95. The van der Waals surface area contributed by atoms with Gasteiger partial charge in [-0.05, 0) is 24.6 Å². The molecule has 4 N–H and O–H groups in total. The smallest absolute Gasteiger partial charge is 0.254 e. The number of hydrogen-bond donors (Lipinski definition) is 3. The predicted octanol–water partition coefficient (Wildman–Crippen LogP) is 2.23. The van der Waals surface area contributed by atoms with Crippen LogP contribution < -0.4 is 16.0 Å². The number of amides is 1. The van der Waals surface area contributed by atoms with E-state index in [1.54, 1.807) is 6.20 Å². The Morgan fingerprint density at radius 1 is 1.39 bits per heavy atom. The highest BCUT2D eigenvalue weighted by Gasteiger charge is 2.36. The third kappa shape index (κ3) is 3.38. The molecule has 1 aromatic carbocycles. The lowest BCUT2D eigenvalue weighted by molar-refractivity contribution is 0.0940. The van der Waals surface area contributed by atoms with Gasteiger partial charge in [-0.2, -0.15) is 0 Å². The van der Waals surface area contributed by atoms with E-state index in [-0.39, 0.29) is 12.1 Å². The van der Waals surface area contributed by atoms with Crippen LogP contribution in [0, 0.1) is 11.6 Å². The van der Waals surface area contributed by atoms with E-state index in [0.29, 0.717) is 41.4 Å². The molecule has 0 spiro atoms. The van der Waals surface area contributed by atoms with Crippen LogP contribution in [0.3, 0.4) is 0 Å². The second kappa shape index (κ2) is 6.99. The minimum Gasteiger partial charge on any atom is -0.354 e. The molecule has 2 aromatic heterocycles. The van der Waals surface area contributed by atoms with Gasteiger partial charge >= 0.3 is 0 Å². The number of aromatic nitrogens is 3. The Bertz CT molecular complexity index is 1060. The van der Waals surface area contributed by atoms with Gasteiger partial charge in [0.15, 0.2) is 0 Å². The average Bonchev–Trinajstić information content (AvgIpc) is 3.26. The van der Waals surface area contributed by atoms with Crippen molar-refractivity contribution in [3.8, 4) is 0 Å². The molecule has 1 fully saturated rings. The summed E-state index contributed by atoms with van der Waals surface area (Å²) in [6, 6.07) is 2.74. The molecule has 3 aromatic rings. The minimum atomic E-state index is -0.788. The molecule has 4 rings (SSSR count). The van der Waals surface area contributed by atoms with Crippen molar-refractivity contribution < 1.29 is 13.6 Å². The van der Waals surface area contributed by atoms with E-state index in [1.165, 1.54) is 6.33 Å². The van der Waals surface area contributed by atoms with Crippen molar-refractivity contribution in [3.05, 3.63) is 52.9 Å². The van der Waals surface area contributed by atoms with E-state index in [1.807, 2.05) is 4.90 Å². The number of nitrogens with two attached hydrogens (primary N) is 1. The van der Waals surface area contributed by atoms with Crippen LogP contribution in [0.1, 0.15) is 16.8 Å². The normalized spacial score (nSPS) is 19.4. The van der Waals surface area contributed by atoms with Crippen molar-refractivity contribution in [3.63, 3.8) is 0 Å². The van der Waals surface area contributed by atoms with E-state index in [0.717, 1.165) is 18.2 Å². The van der Waals surface area contributed by atoms with E-state index in [9.17, 15) is 13.6 Å². The Hall–Kier alpha value is -2.78. The predicted molar refractivity (Wildman–Crippen MR) is 101 cm³/mol. The number of benzene rings is 1. The molecule has 3 heterocycles. The molecule has 1 atom stereocenters. The summed E-state index contributed by atoms with van der Waals surface area (Å²) in [5.74, 6) is -1.52. The largest absolute Gasteiger partial charge is 0.354 e. The third-order valence-electron chi connectivity index (χ3n) is 4.86. The van der Waals surface area contributed by atoms with Crippen LogP contribution in [0.5, 0.6) is 0 Å². The maximum atomic E-state index is 13.8. The average molecular weight is 407 g/mol. The molecule has 1 aliphatic heterocycles. The molecule has 28 heavy (non-hydrogen) atoms. The lowest BCUT2D eigenvalue weighted by atomic mass is 10.00. The van der Waals surface area contributed by atoms with Crippen molar-refractivity contribution in [1.29, 1.82) is 0 Å². The van der Waals surface area contributed by atoms with Gasteiger partial charge in [0, 0.05) is 25.8 Å². The molecule has 0 bridgehead atoms. The molecule has 1 aliphatic rings. The molecule has 7 nitrogen and oxygen atoms in total. The van der Waals surface area contributed by atoms with Crippen LogP contribution in [0.15, 0.2) is 30.7 Å². The summed E-state index contributed by atoms with van der Waals surface area (Å²) in [6.07, 6.45) is 3.66. The van der Waals surface area contributed by atoms with Gasteiger partial charge in [0.1, 0.15) is 29.4 Å². The molecule has 0 unspecified atom stereocenters. The molecule has 0 saturated carbocycles. The highest BCUT2D eigenvalue weighted by molar-refractivity contribution is 6.36. The first-order valence-electron chi connectivity index (χ1n) is 8.61. The number of anilines is 1. The number of H-pyrrole nitrogens is 1. The minimum absolute atomic E-state index is 0.105. The number of fused-ring (bicyclic) bond motifs is 1. The van der Waals surface area contributed by atoms with E-state index in [4.69, 9.17) is 17.3 Å². The van der Waals surface area contributed by atoms with Gasteiger partial charge in [-0.3, -0.25) is 4.79 Å². The third-order valence-corrected chi connectivity index (χ3v) is 5.16. The molecule has 1 amide bonds. The molecular formula is C18H17ClF2N6O. The van der Waals surface area contributed by atoms with Gasteiger partial charge in [0.25, 0.3) is 5.91 Å². The second-order valence-corrected chi connectivity index (χ2v) is 7.31. The Labute approximate surface area is 163 Å². The topological polar surface area (TPSA) is 99.9 Å². The van der Waals surface area contributed by atoms with Gasteiger partial charge in [0.05, 0.1) is 21.5 Å². The van der Waals surface area contributed by atoms with Crippen LogP contribution in [0.2, 0.25) is 5.02 Å². The zero-order chi connectivity index (χ0) is 19.9. The van der Waals surface area contributed by atoms with Crippen LogP contribution >= 0.6 is 11.6 Å². The quantitative estimate of drug-likeness (QED) is 0.617. The zero-order valence-corrected chi connectivity index (χ0v) is 15.4.